The highest BCUT2D eigenvalue weighted by atomic mass is 31.2. The van der Waals surface area contributed by atoms with Gasteiger partial charge >= 0.3 is 39.5 Å². The molecule has 0 heterocycles. The van der Waals surface area contributed by atoms with Crippen molar-refractivity contribution in [3.05, 3.63) is 0 Å². The van der Waals surface area contributed by atoms with E-state index in [2.05, 4.69) is 34.6 Å². The molecule has 0 amide bonds. The molecule has 0 aromatic rings. The molecule has 0 saturated heterocycles. The fourth-order valence-electron chi connectivity index (χ4n) is 14.2. The minimum atomic E-state index is -4.97. The molecule has 0 aliphatic rings. The first kappa shape index (κ1) is 107. The first-order valence-electron chi connectivity index (χ1n) is 46.6. The molecule has 17 nitrogen and oxygen atoms in total. The topological polar surface area (TPSA) is 237 Å². The van der Waals surface area contributed by atoms with Gasteiger partial charge in [-0.3, -0.25) is 37.3 Å². The number of ether oxygens (including phenoxy) is 4. The second-order valence-electron chi connectivity index (χ2n) is 32.8. The molecule has 0 fully saturated rings. The molecule has 0 aliphatic heterocycles. The van der Waals surface area contributed by atoms with E-state index in [4.69, 9.17) is 37.0 Å². The summed E-state index contributed by atoms with van der Waals surface area (Å²) in [7, 11) is -9.93. The second kappa shape index (κ2) is 82.6. The van der Waals surface area contributed by atoms with Crippen molar-refractivity contribution in [3.63, 3.8) is 0 Å². The normalized spacial score (nSPS) is 13.7. The molecule has 0 aromatic carbocycles. The van der Waals surface area contributed by atoms with E-state index in [9.17, 15) is 43.2 Å². The Kier molecular flexibility index (Phi) is 81.1. The smallest absolute Gasteiger partial charge is 0.462 e. The summed E-state index contributed by atoms with van der Waals surface area (Å²) in [4.78, 5) is 73.4. The van der Waals surface area contributed by atoms with E-state index in [0.29, 0.717) is 25.7 Å². The highest BCUT2D eigenvalue weighted by Crippen LogP contribution is 2.45. The van der Waals surface area contributed by atoms with Gasteiger partial charge in [0.05, 0.1) is 26.4 Å². The summed E-state index contributed by atoms with van der Waals surface area (Å²) >= 11 is 0. The van der Waals surface area contributed by atoms with E-state index >= 15 is 0 Å². The first-order chi connectivity index (χ1) is 53.0. The van der Waals surface area contributed by atoms with Gasteiger partial charge in [0.1, 0.15) is 19.3 Å². The van der Waals surface area contributed by atoms with Gasteiger partial charge in [-0.15, -0.1) is 0 Å². The number of carbonyl (C=O) groups excluding carboxylic acids is 4. The minimum absolute atomic E-state index is 0.109. The summed E-state index contributed by atoms with van der Waals surface area (Å²) < 4.78 is 69.1. The van der Waals surface area contributed by atoms with Gasteiger partial charge in [0.25, 0.3) is 0 Å². The zero-order valence-electron chi connectivity index (χ0n) is 71.7. The molecule has 0 spiro atoms. The van der Waals surface area contributed by atoms with Crippen LogP contribution in [0.25, 0.3) is 0 Å². The van der Waals surface area contributed by atoms with E-state index in [0.717, 1.165) is 95.8 Å². The number of rotatable bonds is 90. The molecule has 5 atom stereocenters. The van der Waals surface area contributed by atoms with Crippen LogP contribution < -0.4 is 0 Å². The number of phosphoric acid groups is 2. The van der Waals surface area contributed by atoms with Crippen LogP contribution in [0.2, 0.25) is 0 Å². The highest BCUT2D eigenvalue weighted by Gasteiger charge is 2.31. The Bertz CT molecular complexity index is 2070. The summed E-state index contributed by atoms with van der Waals surface area (Å²) in [5, 5.41) is 10.7. The van der Waals surface area contributed by atoms with E-state index < -0.39 is 97.5 Å². The number of esters is 4. The van der Waals surface area contributed by atoms with Crippen molar-refractivity contribution < 1.29 is 80.2 Å². The van der Waals surface area contributed by atoms with Gasteiger partial charge < -0.3 is 33.8 Å². The van der Waals surface area contributed by atoms with E-state index in [-0.39, 0.29) is 25.7 Å². The fourth-order valence-corrected chi connectivity index (χ4v) is 15.8. The van der Waals surface area contributed by atoms with Gasteiger partial charge in [0.15, 0.2) is 12.2 Å². The molecule has 0 aromatic heterocycles. The van der Waals surface area contributed by atoms with Crippen molar-refractivity contribution in [1.29, 1.82) is 0 Å². The maximum Gasteiger partial charge on any atom is 0.472 e. The zero-order chi connectivity index (χ0) is 79.7. The van der Waals surface area contributed by atoms with Crippen LogP contribution >= 0.6 is 15.6 Å². The lowest BCUT2D eigenvalue weighted by Gasteiger charge is -2.21. The van der Waals surface area contributed by atoms with Crippen LogP contribution in [0.15, 0.2) is 0 Å². The molecule has 2 unspecified atom stereocenters. The molecule has 0 rings (SSSR count). The van der Waals surface area contributed by atoms with Crippen molar-refractivity contribution in [2.45, 2.75) is 509 Å². The van der Waals surface area contributed by atoms with Crippen LogP contribution in [-0.2, 0) is 65.4 Å². The number of hydrogen-bond acceptors (Lipinski definition) is 15. The van der Waals surface area contributed by atoms with Crippen molar-refractivity contribution in [1.82, 2.24) is 0 Å². The highest BCUT2D eigenvalue weighted by molar-refractivity contribution is 7.47. The maximum absolute atomic E-state index is 13.2. The lowest BCUT2D eigenvalue weighted by molar-refractivity contribution is -0.161. The van der Waals surface area contributed by atoms with E-state index in [1.807, 2.05) is 0 Å². The summed E-state index contributed by atoms with van der Waals surface area (Å²) in [6.07, 6.45) is 77.7. The summed E-state index contributed by atoms with van der Waals surface area (Å²) in [5.74, 6) is -1.27. The minimum Gasteiger partial charge on any atom is -0.462 e. The largest absolute Gasteiger partial charge is 0.472 e. The Morgan fingerprint density at radius 1 is 0.248 bits per heavy atom. The third-order valence-electron chi connectivity index (χ3n) is 21.3. The summed E-state index contributed by atoms with van der Waals surface area (Å²) in [5.41, 5.74) is 0. The van der Waals surface area contributed by atoms with Crippen molar-refractivity contribution in [2.24, 2.45) is 5.92 Å². The zero-order valence-corrected chi connectivity index (χ0v) is 73.5. The van der Waals surface area contributed by atoms with Crippen LogP contribution in [-0.4, -0.2) is 96.7 Å². The Hall–Kier alpha value is -1.94. The molecular formula is C90H176O17P2. The molecule has 648 valence electrons. The quantitative estimate of drug-likeness (QED) is 0.0222. The lowest BCUT2D eigenvalue weighted by Crippen LogP contribution is -2.30. The van der Waals surface area contributed by atoms with Crippen molar-refractivity contribution >= 4 is 39.5 Å². The van der Waals surface area contributed by atoms with Gasteiger partial charge in [-0.25, -0.2) is 9.13 Å². The Morgan fingerprint density at radius 2 is 0.422 bits per heavy atom. The average molecular weight is 1590 g/mol. The first-order valence-corrected chi connectivity index (χ1v) is 49.6. The van der Waals surface area contributed by atoms with Crippen LogP contribution in [0.4, 0.5) is 0 Å². The van der Waals surface area contributed by atoms with E-state index in [1.165, 1.54) is 315 Å². The number of aliphatic hydroxyl groups excluding tert-OH is 1. The monoisotopic (exact) mass is 1590 g/mol. The molecule has 109 heavy (non-hydrogen) atoms. The number of hydrogen-bond donors (Lipinski definition) is 3. The molecule has 0 aliphatic carbocycles. The predicted octanol–water partition coefficient (Wildman–Crippen LogP) is 27.9. The number of carbonyl (C=O) groups is 4. The third-order valence-corrected chi connectivity index (χ3v) is 23.2. The molecule has 0 bridgehead atoms. The standard InChI is InChI=1S/C90H176O17P2/c1-6-9-12-15-18-21-24-27-29-31-32-37-40-44-49-54-59-64-69-74-88(93)101-80-86(107-90(95)76-71-66-61-56-51-46-42-38-34-33-36-39-43-47-52-57-62-67-72-83(4)5)82-105-109(98,99)103-78-84(91)77-102-108(96,97)104-81-85(79-100-87(92)73-68-63-58-53-48-26-23-20-17-14-11-8-3)106-89(94)75-70-65-60-55-50-45-41-35-30-28-25-22-19-16-13-10-7-2/h83-86,91H,6-82H2,1-5H3,(H,96,97)(H,98,99)/t84-,85+,86+/m0/s1. The molecule has 3 N–H and O–H groups in total. The SMILES string of the molecule is CCCCCCCCCCCCCCCCCCCCCC(=O)OC[C@H](COP(=O)(O)OC[C@@H](O)COP(=O)(O)OC[C@@H](COC(=O)CCCCCCCCCCCCCC)OC(=O)CCCCCCCCCCCCCCCCCCC)OC(=O)CCCCCCCCCCCCCCCCCCCCC(C)C. The van der Waals surface area contributed by atoms with Gasteiger partial charge in [-0.2, -0.15) is 0 Å². The average Bonchev–Trinajstić information content (AvgIpc) is 0.904. The Labute approximate surface area is 670 Å². The van der Waals surface area contributed by atoms with Crippen molar-refractivity contribution in [2.75, 3.05) is 39.6 Å². The fraction of sp³-hybridized carbons (Fsp3) is 0.956. The second-order valence-corrected chi connectivity index (χ2v) is 35.7. The Balaban J connectivity index is 5.24. The van der Waals surface area contributed by atoms with E-state index in [1.54, 1.807) is 0 Å². The van der Waals surface area contributed by atoms with Gasteiger partial charge in [-0.1, -0.05) is 439 Å². The predicted molar refractivity (Wildman–Crippen MR) is 451 cm³/mol. The van der Waals surface area contributed by atoms with Gasteiger partial charge in [-0.05, 0) is 31.6 Å². The van der Waals surface area contributed by atoms with Crippen LogP contribution in [0.3, 0.4) is 0 Å². The number of phosphoric ester groups is 2. The third kappa shape index (κ3) is 83.8. The van der Waals surface area contributed by atoms with Gasteiger partial charge in [0.2, 0.25) is 0 Å². The van der Waals surface area contributed by atoms with Crippen LogP contribution in [0.5, 0.6) is 0 Å². The lowest BCUT2D eigenvalue weighted by atomic mass is 10.0. The van der Waals surface area contributed by atoms with Crippen LogP contribution in [0, 0.1) is 5.92 Å². The maximum atomic E-state index is 13.2. The van der Waals surface area contributed by atoms with Crippen LogP contribution in [0.1, 0.15) is 490 Å². The molecule has 0 radical (unpaired) electrons. The van der Waals surface area contributed by atoms with Crippen molar-refractivity contribution in [3.8, 4) is 0 Å². The summed E-state index contributed by atoms with van der Waals surface area (Å²) in [6, 6.07) is 0. The molecule has 19 heteroatoms. The summed E-state index contributed by atoms with van der Waals surface area (Å²) in [6.45, 7) is 7.43. The number of aliphatic hydroxyl groups is 1. The molecular weight excluding hydrogens is 1410 g/mol. The number of unbranched alkanes of at least 4 members (excludes halogenated alkanes) is 62. The van der Waals surface area contributed by atoms with Gasteiger partial charge in [0, 0.05) is 25.7 Å². The Morgan fingerprint density at radius 3 is 0.624 bits per heavy atom. The molecule has 0 saturated carbocycles.